The van der Waals surface area contributed by atoms with Gasteiger partial charge in [-0.1, -0.05) is 0 Å². The summed E-state index contributed by atoms with van der Waals surface area (Å²) in [4.78, 5) is 21.9. The number of aliphatic carboxylic acids is 1. The number of hydrogen-bond acceptors (Lipinski definition) is 4. The Bertz CT molecular complexity index is 507. The van der Waals surface area contributed by atoms with E-state index in [2.05, 4.69) is 0 Å². The van der Waals surface area contributed by atoms with Crippen LogP contribution >= 0.6 is 0 Å². The lowest BCUT2D eigenvalue weighted by atomic mass is 10.2. The van der Waals surface area contributed by atoms with Crippen LogP contribution in [0.15, 0.2) is 24.3 Å². The Balaban J connectivity index is 1.97. The summed E-state index contributed by atoms with van der Waals surface area (Å²) in [7, 11) is 0. The maximum Gasteiger partial charge on any atom is 0.416 e. The van der Waals surface area contributed by atoms with Crippen LogP contribution in [0.25, 0.3) is 0 Å². The molecule has 0 bridgehead atoms. The van der Waals surface area contributed by atoms with E-state index in [1.54, 1.807) is 0 Å². The lowest BCUT2D eigenvalue weighted by molar-refractivity contribution is -0.308. The van der Waals surface area contributed by atoms with Crippen LogP contribution in [0.2, 0.25) is 0 Å². The maximum absolute atomic E-state index is 12.3. The highest BCUT2D eigenvalue weighted by Gasteiger charge is 2.45. The van der Waals surface area contributed by atoms with Gasteiger partial charge >= 0.3 is 12.1 Å². The zero-order valence-corrected chi connectivity index (χ0v) is 9.44. The number of esters is 1. The van der Waals surface area contributed by atoms with Crippen LogP contribution in [0.1, 0.15) is 12.0 Å². The summed E-state index contributed by atoms with van der Waals surface area (Å²) in [5.74, 6) is -3.78. The summed E-state index contributed by atoms with van der Waals surface area (Å²) >= 11 is 0. The Morgan fingerprint density at radius 2 is 1.74 bits per heavy atom. The molecule has 2 unspecified atom stereocenters. The molecule has 2 rings (SSSR count). The predicted octanol–water partition coefficient (Wildman–Crippen LogP) is 0.997. The molecule has 0 radical (unpaired) electrons. The number of rotatable bonds is 3. The highest BCUT2D eigenvalue weighted by Crippen LogP contribution is 2.39. The molecule has 0 saturated heterocycles. The Hall–Kier alpha value is -2.05. The van der Waals surface area contributed by atoms with Crippen LogP contribution in [-0.4, -0.2) is 11.9 Å². The summed E-state index contributed by atoms with van der Waals surface area (Å²) in [6.45, 7) is 0. The molecule has 0 aromatic heterocycles. The molecule has 4 nitrogen and oxygen atoms in total. The van der Waals surface area contributed by atoms with Gasteiger partial charge in [0.2, 0.25) is 0 Å². The predicted molar refractivity (Wildman–Crippen MR) is 53.7 cm³/mol. The van der Waals surface area contributed by atoms with Gasteiger partial charge in [-0.3, -0.25) is 4.79 Å². The molecule has 0 heterocycles. The number of carbonyl (C=O) groups is 2. The third-order valence-corrected chi connectivity index (χ3v) is 2.80. The van der Waals surface area contributed by atoms with E-state index in [0.29, 0.717) is 0 Å². The SMILES string of the molecule is O=C([O-])C1CC1C(=O)Oc1ccc(C(F)(F)F)cc1. The fourth-order valence-electron chi connectivity index (χ4n) is 1.62. The van der Waals surface area contributed by atoms with Crippen LogP contribution in [0.3, 0.4) is 0 Å². The van der Waals surface area contributed by atoms with E-state index >= 15 is 0 Å². The number of carboxylic acids is 1. The van der Waals surface area contributed by atoms with E-state index in [0.717, 1.165) is 24.3 Å². The van der Waals surface area contributed by atoms with E-state index in [1.807, 2.05) is 0 Å². The molecule has 7 heteroatoms. The van der Waals surface area contributed by atoms with Gasteiger partial charge in [-0.2, -0.15) is 13.2 Å². The minimum absolute atomic E-state index is 0.0537. The van der Waals surface area contributed by atoms with Crippen molar-refractivity contribution in [2.75, 3.05) is 0 Å². The molecule has 1 aliphatic carbocycles. The van der Waals surface area contributed by atoms with E-state index in [9.17, 15) is 27.9 Å². The Labute approximate surface area is 105 Å². The summed E-state index contributed by atoms with van der Waals surface area (Å²) in [5.41, 5.74) is -0.855. The van der Waals surface area contributed by atoms with Gasteiger partial charge in [0, 0.05) is 11.9 Å². The van der Waals surface area contributed by atoms with Crippen molar-refractivity contribution < 1.29 is 32.6 Å². The third-order valence-electron chi connectivity index (χ3n) is 2.80. The van der Waals surface area contributed by atoms with Gasteiger partial charge in [-0.25, -0.2) is 0 Å². The first-order valence-electron chi connectivity index (χ1n) is 5.39. The van der Waals surface area contributed by atoms with Crippen molar-refractivity contribution in [3.63, 3.8) is 0 Å². The van der Waals surface area contributed by atoms with Crippen molar-refractivity contribution in [3.8, 4) is 5.75 Å². The van der Waals surface area contributed by atoms with Gasteiger partial charge in [0.05, 0.1) is 11.5 Å². The minimum atomic E-state index is -4.46. The van der Waals surface area contributed by atoms with Gasteiger partial charge in [0.15, 0.2) is 0 Å². The third kappa shape index (κ3) is 3.04. The van der Waals surface area contributed by atoms with Crippen LogP contribution in [0, 0.1) is 11.8 Å². The second kappa shape index (κ2) is 4.56. The average Bonchev–Trinajstić information content (AvgIpc) is 3.08. The van der Waals surface area contributed by atoms with Crippen LogP contribution in [-0.2, 0) is 15.8 Å². The van der Waals surface area contributed by atoms with Crippen molar-refractivity contribution in [3.05, 3.63) is 29.8 Å². The first kappa shape index (κ1) is 13.4. The Kier molecular flexibility index (Phi) is 3.21. The fraction of sp³-hybridized carbons (Fsp3) is 0.333. The second-order valence-corrected chi connectivity index (χ2v) is 4.21. The number of alkyl halides is 3. The van der Waals surface area contributed by atoms with Crippen LogP contribution < -0.4 is 9.84 Å². The molecule has 1 aromatic carbocycles. The van der Waals surface area contributed by atoms with E-state index in [1.165, 1.54) is 0 Å². The van der Waals surface area contributed by atoms with Crippen LogP contribution in [0.5, 0.6) is 5.75 Å². The van der Waals surface area contributed by atoms with E-state index < -0.39 is 35.5 Å². The first-order valence-corrected chi connectivity index (χ1v) is 5.39. The fourth-order valence-corrected chi connectivity index (χ4v) is 1.62. The summed E-state index contributed by atoms with van der Waals surface area (Å²) in [6, 6.07) is 3.59. The lowest BCUT2D eigenvalue weighted by Crippen LogP contribution is -2.26. The van der Waals surface area contributed by atoms with Crippen molar-refractivity contribution >= 4 is 11.9 Å². The average molecular weight is 273 g/mol. The first-order chi connectivity index (χ1) is 8.79. The summed E-state index contributed by atoms with van der Waals surface area (Å²) < 4.78 is 41.6. The number of halogens is 3. The van der Waals surface area contributed by atoms with Gasteiger partial charge in [-0.05, 0) is 30.7 Å². The molecular formula is C12H8F3O4-. The monoisotopic (exact) mass is 273 g/mol. The lowest BCUT2D eigenvalue weighted by Gasteiger charge is -2.08. The molecular weight excluding hydrogens is 265 g/mol. The Morgan fingerprint density at radius 1 is 1.16 bits per heavy atom. The molecule has 1 aliphatic rings. The zero-order chi connectivity index (χ0) is 14.2. The molecule has 1 saturated carbocycles. The zero-order valence-electron chi connectivity index (χ0n) is 9.44. The van der Waals surface area contributed by atoms with Crippen molar-refractivity contribution in [1.82, 2.24) is 0 Å². The van der Waals surface area contributed by atoms with E-state index in [-0.39, 0.29) is 12.2 Å². The maximum atomic E-state index is 12.3. The summed E-state index contributed by atoms with van der Waals surface area (Å²) in [6.07, 6.45) is -4.32. The van der Waals surface area contributed by atoms with Gasteiger partial charge in [-0.15, -0.1) is 0 Å². The number of benzene rings is 1. The molecule has 2 atom stereocenters. The van der Waals surface area contributed by atoms with Crippen molar-refractivity contribution in [2.24, 2.45) is 11.8 Å². The molecule has 1 fully saturated rings. The molecule has 1 aromatic rings. The standard InChI is InChI=1S/C12H9F3O4/c13-12(14,15)6-1-3-7(4-2-6)19-11(18)9-5-8(9)10(16)17/h1-4,8-9H,5H2,(H,16,17)/p-1. The largest absolute Gasteiger partial charge is 0.550 e. The topological polar surface area (TPSA) is 66.4 Å². The van der Waals surface area contributed by atoms with Crippen molar-refractivity contribution in [2.45, 2.75) is 12.6 Å². The minimum Gasteiger partial charge on any atom is -0.550 e. The molecule has 0 aliphatic heterocycles. The molecule has 19 heavy (non-hydrogen) atoms. The molecule has 0 spiro atoms. The quantitative estimate of drug-likeness (QED) is 0.608. The smallest absolute Gasteiger partial charge is 0.416 e. The van der Waals surface area contributed by atoms with Gasteiger partial charge in [0.25, 0.3) is 0 Å². The molecule has 0 amide bonds. The van der Waals surface area contributed by atoms with Gasteiger partial charge in [0.1, 0.15) is 5.75 Å². The number of carbonyl (C=O) groups excluding carboxylic acids is 2. The van der Waals surface area contributed by atoms with E-state index in [4.69, 9.17) is 4.74 Å². The highest BCUT2D eigenvalue weighted by atomic mass is 19.4. The number of hydrogen-bond donors (Lipinski definition) is 0. The number of ether oxygens (including phenoxy) is 1. The second-order valence-electron chi connectivity index (χ2n) is 4.21. The van der Waals surface area contributed by atoms with Crippen LogP contribution in [0.4, 0.5) is 13.2 Å². The van der Waals surface area contributed by atoms with Crippen molar-refractivity contribution in [1.29, 1.82) is 0 Å². The molecule has 0 N–H and O–H groups in total. The highest BCUT2D eigenvalue weighted by molar-refractivity contribution is 5.86. The molecule has 102 valence electrons. The Morgan fingerprint density at radius 3 is 2.16 bits per heavy atom. The normalized spacial score (nSPS) is 21.8. The summed E-state index contributed by atoms with van der Waals surface area (Å²) in [5, 5.41) is 10.4. The van der Waals surface area contributed by atoms with Gasteiger partial charge < -0.3 is 14.6 Å². The number of carboxylic acid groups (broad SMARTS) is 1.